The van der Waals surface area contributed by atoms with Crippen LogP contribution in [-0.2, 0) is 4.79 Å². The lowest BCUT2D eigenvalue weighted by atomic mass is 10.0. The van der Waals surface area contributed by atoms with E-state index in [4.69, 9.17) is 0 Å². The molecular formula is C43H85NO3. The number of carbonyl (C=O) groups is 1. The first kappa shape index (κ1) is 46.1. The van der Waals surface area contributed by atoms with E-state index < -0.39 is 12.1 Å². The molecule has 0 aromatic rings. The molecule has 0 aromatic carbocycles. The van der Waals surface area contributed by atoms with Crippen LogP contribution < -0.4 is 5.32 Å². The molecule has 0 aliphatic rings. The molecule has 0 saturated carbocycles. The molecule has 4 heteroatoms. The summed E-state index contributed by atoms with van der Waals surface area (Å²) in [4.78, 5) is 12.3. The molecule has 2 unspecified atom stereocenters. The molecule has 0 radical (unpaired) electrons. The average molecular weight is 664 g/mol. The number of aliphatic hydroxyl groups excluding tert-OH is 2. The molecule has 47 heavy (non-hydrogen) atoms. The Labute approximate surface area is 295 Å². The molecule has 0 aliphatic heterocycles. The Morgan fingerprint density at radius 2 is 0.809 bits per heavy atom. The quantitative estimate of drug-likeness (QED) is 0.0453. The van der Waals surface area contributed by atoms with Gasteiger partial charge in [-0.15, -0.1) is 0 Å². The second-order valence-corrected chi connectivity index (χ2v) is 14.8. The third kappa shape index (κ3) is 36.2. The van der Waals surface area contributed by atoms with Gasteiger partial charge in [0, 0.05) is 6.42 Å². The van der Waals surface area contributed by atoms with Gasteiger partial charge in [-0.25, -0.2) is 0 Å². The smallest absolute Gasteiger partial charge is 0.220 e. The van der Waals surface area contributed by atoms with Crippen molar-refractivity contribution in [3.05, 3.63) is 12.2 Å². The summed E-state index contributed by atoms with van der Waals surface area (Å²) in [5.74, 6) is -0.0394. The Morgan fingerprint density at radius 1 is 0.489 bits per heavy atom. The van der Waals surface area contributed by atoms with Crippen LogP contribution in [0.3, 0.4) is 0 Å². The van der Waals surface area contributed by atoms with Crippen molar-refractivity contribution >= 4 is 5.91 Å². The van der Waals surface area contributed by atoms with E-state index in [-0.39, 0.29) is 12.5 Å². The molecular weight excluding hydrogens is 578 g/mol. The van der Waals surface area contributed by atoms with Crippen LogP contribution in [0.2, 0.25) is 0 Å². The third-order valence-corrected chi connectivity index (χ3v) is 10.0. The fourth-order valence-corrected chi connectivity index (χ4v) is 6.71. The monoisotopic (exact) mass is 664 g/mol. The predicted molar refractivity (Wildman–Crippen MR) is 207 cm³/mol. The topological polar surface area (TPSA) is 69.6 Å². The fraction of sp³-hybridized carbons (Fsp3) is 0.930. The summed E-state index contributed by atoms with van der Waals surface area (Å²) in [6.07, 6.45) is 48.6. The Hall–Kier alpha value is -0.870. The summed E-state index contributed by atoms with van der Waals surface area (Å²) in [6, 6.07) is -0.536. The van der Waals surface area contributed by atoms with Crippen molar-refractivity contribution in [1.82, 2.24) is 5.32 Å². The minimum Gasteiger partial charge on any atom is -0.394 e. The Balaban J connectivity index is 3.46. The molecule has 1 amide bonds. The van der Waals surface area contributed by atoms with Crippen LogP contribution in [0, 0.1) is 0 Å². The minimum absolute atomic E-state index is 0.0394. The van der Waals surface area contributed by atoms with Crippen LogP contribution >= 0.6 is 0 Å². The number of allylic oxidation sites excluding steroid dienone is 2. The van der Waals surface area contributed by atoms with Crippen LogP contribution in [0.1, 0.15) is 239 Å². The zero-order valence-corrected chi connectivity index (χ0v) is 32.1. The highest BCUT2D eigenvalue weighted by Crippen LogP contribution is 2.16. The number of hydrogen-bond acceptors (Lipinski definition) is 3. The Morgan fingerprint density at radius 3 is 1.21 bits per heavy atom. The summed E-state index contributed by atoms with van der Waals surface area (Å²) in [5.41, 5.74) is 0. The lowest BCUT2D eigenvalue weighted by molar-refractivity contribution is -0.123. The van der Waals surface area contributed by atoms with Gasteiger partial charge in [-0.3, -0.25) is 4.79 Å². The van der Waals surface area contributed by atoms with E-state index in [1.807, 2.05) is 0 Å². The van der Waals surface area contributed by atoms with Gasteiger partial charge in [-0.1, -0.05) is 206 Å². The lowest BCUT2D eigenvalue weighted by Crippen LogP contribution is -2.45. The molecule has 0 rings (SSSR count). The molecule has 3 N–H and O–H groups in total. The largest absolute Gasteiger partial charge is 0.394 e. The van der Waals surface area contributed by atoms with E-state index in [9.17, 15) is 15.0 Å². The summed E-state index contributed by atoms with van der Waals surface area (Å²) in [5, 5.41) is 23.1. The van der Waals surface area contributed by atoms with Gasteiger partial charge in [-0.2, -0.15) is 0 Å². The SMILES string of the molecule is CCCCC/C=C\CCCCCCCC(=O)NC(CO)C(O)CCCCCCCCCCCCCCCCCCCCCCCCC. The van der Waals surface area contributed by atoms with Crippen LogP contribution in [0.25, 0.3) is 0 Å². The second-order valence-electron chi connectivity index (χ2n) is 14.8. The first-order valence-corrected chi connectivity index (χ1v) is 21.4. The van der Waals surface area contributed by atoms with E-state index in [0.29, 0.717) is 12.8 Å². The van der Waals surface area contributed by atoms with Gasteiger partial charge >= 0.3 is 0 Å². The highest BCUT2D eigenvalue weighted by Gasteiger charge is 2.19. The van der Waals surface area contributed by atoms with Gasteiger partial charge in [-0.05, 0) is 38.5 Å². The molecule has 0 aliphatic carbocycles. The van der Waals surface area contributed by atoms with Gasteiger partial charge in [0.05, 0.1) is 18.8 Å². The first-order valence-electron chi connectivity index (χ1n) is 21.4. The zero-order chi connectivity index (χ0) is 34.3. The molecule has 4 nitrogen and oxygen atoms in total. The number of rotatable bonds is 39. The average Bonchev–Trinajstić information content (AvgIpc) is 3.07. The summed E-state index contributed by atoms with van der Waals surface area (Å²) in [6.45, 7) is 4.34. The van der Waals surface area contributed by atoms with E-state index in [1.54, 1.807) is 0 Å². The van der Waals surface area contributed by atoms with Gasteiger partial charge in [0.25, 0.3) is 0 Å². The van der Waals surface area contributed by atoms with Crippen LogP contribution in [0.15, 0.2) is 12.2 Å². The lowest BCUT2D eigenvalue weighted by Gasteiger charge is -2.22. The van der Waals surface area contributed by atoms with Crippen molar-refractivity contribution in [2.75, 3.05) is 6.61 Å². The van der Waals surface area contributed by atoms with Gasteiger partial charge in [0.1, 0.15) is 0 Å². The van der Waals surface area contributed by atoms with Crippen molar-refractivity contribution in [2.24, 2.45) is 0 Å². The van der Waals surface area contributed by atoms with Crippen LogP contribution in [0.4, 0.5) is 0 Å². The standard InChI is InChI=1S/C43H85NO3/c1-3-5-7-9-11-13-15-17-18-19-20-21-22-23-24-25-26-27-28-30-32-34-36-38-42(46)41(40-45)44-43(47)39-37-35-33-31-29-16-14-12-10-8-6-4-2/h12,14,41-42,45-46H,3-11,13,15-40H2,1-2H3,(H,44,47)/b14-12-. The molecule has 2 atom stereocenters. The summed E-state index contributed by atoms with van der Waals surface area (Å²) >= 11 is 0. The van der Waals surface area contributed by atoms with Crippen LogP contribution in [-0.4, -0.2) is 34.9 Å². The Kier molecular flexibility index (Phi) is 38.8. The summed E-state index contributed by atoms with van der Waals surface area (Å²) in [7, 11) is 0. The zero-order valence-electron chi connectivity index (χ0n) is 32.1. The highest BCUT2D eigenvalue weighted by atomic mass is 16.3. The number of carbonyl (C=O) groups excluding carboxylic acids is 1. The number of nitrogens with one attached hydrogen (secondary N) is 1. The fourth-order valence-electron chi connectivity index (χ4n) is 6.71. The predicted octanol–water partition coefficient (Wildman–Crippen LogP) is 13.1. The normalized spacial score (nSPS) is 13.0. The molecule has 0 saturated heterocycles. The van der Waals surface area contributed by atoms with E-state index in [2.05, 4.69) is 31.3 Å². The maximum Gasteiger partial charge on any atom is 0.220 e. The van der Waals surface area contributed by atoms with Crippen molar-refractivity contribution in [3.63, 3.8) is 0 Å². The van der Waals surface area contributed by atoms with Crippen molar-refractivity contribution in [3.8, 4) is 0 Å². The number of unbranched alkanes of at least 4 members (excludes halogenated alkanes) is 30. The number of amides is 1. The molecule has 0 heterocycles. The van der Waals surface area contributed by atoms with Crippen molar-refractivity contribution in [1.29, 1.82) is 0 Å². The highest BCUT2D eigenvalue weighted by molar-refractivity contribution is 5.76. The van der Waals surface area contributed by atoms with Gasteiger partial charge in [0.15, 0.2) is 0 Å². The maximum atomic E-state index is 12.3. The van der Waals surface area contributed by atoms with E-state index in [1.165, 1.54) is 186 Å². The van der Waals surface area contributed by atoms with Crippen molar-refractivity contribution < 1.29 is 15.0 Å². The molecule has 0 fully saturated rings. The molecule has 0 aromatic heterocycles. The van der Waals surface area contributed by atoms with Gasteiger partial charge in [0.2, 0.25) is 5.91 Å². The molecule has 0 bridgehead atoms. The van der Waals surface area contributed by atoms with E-state index >= 15 is 0 Å². The molecule has 280 valence electrons. The number of aliphatic hydroxyl groups is 2. The van der Waals surface area contributed by atoms with E-state index in [0.717, 1.165) is 25.7 Å². The second kappa shape index (κ2) is 39.6. The molecule has 0 spiro atoms. The van der Waals surface area contributed by atoms with Crippen LogP contribution in [0.5, 0.6) is 0 Å². The third-order valence-electron chi connectivity index (χ3n) is 10.0. The Bertz CT molecular complexity index is 637. The summed E-state index contributed by atoms with van der Waals surface area (Å²) < 4.78 is 0. The first-order chi connectivity index (χ1) is 23.2. The van der Waals surface area contributed by atoms with Gasteiger partial charge < -0.3 is 15.5 Å². The minimum atomic E-state index is -0.658. The number of hydrogen-bond donors (Lipinski definition) is 3. The maximum absolute atomic E-state index is 12.3. The van der Waals surface area contributed by atoms with Crippen molar-refractivity contribution in [2.45, 2.75) is 251 Å².